The lowest BCUT2D eigenvalue weighted by Crippen LogP contribution is -2.13. The molecule has 2 heteroatoms. The molecular weight excluding hydrogens is 231 g/mol. The molecule has 0 radical (unpaired) electrons. The van der Waals surface area contributed by atoms with Crippen molar-refractivity contribution in [3.05, 3.63) is 34.1 Å². The number of benzene rings is 1. The summed E-state index contributed by atoms with van der Waals surface area (Å²) in [4.78, 5) is 0. The molecule has 2 rings (SSSR count). The Kier molecular flexibility index (Phi) is 2.68. The standard InChI is InChI=1S/C11H12BrF/c12-10-7-9(4-5-11(10)13)6-8-2-1-3-8/h4-5,7-8H,1-3,6H2. The zero-order valence-corrected chi connectivity index (χ0v) is 8.98. The van der Waals surface area contributed by atoms with E-state index in [1.165, 1.54) is 30.9 Å². The lowest BCUT2D eigenvalue weighted by molar-refractivity contribution is 0.314. The SMILES string of the molecule is Fc1ccc(CC2CCC2)cc1Br. The molecule has 0 heterocycles. The summed E-state index contributed by atoms with van der Waals surface area (Å²) in [6.07, 6.45) is 5.16. The van der Waals surface area contributed by atoms with Gasteiger partial charge in [0.05, 0.1) is 4.47 Å². The van der Waals surface area contributed by atoms with E-state index in [0.717, 1.165) is 12.3 Å². The summed E-state index contributed by atoms with van der Waals surface area (Å²) < 4.78 is 13.5. The van der Waals surface area contributed by atoms with Crippen molar-refractivity contribution >= 4 is 15.9 Å². The summed E-state index contributed by atoms with van der Waals surface area (Å²) >= 11 is 3.20. The Bertz CT molecular complexity index is 305. The van der Waals surface area contributed by atoms with E-state index >= 15 is 0 Å². The molecule has 1 aliphatic rings. The maximum Gasteiger partial charge on any atom is 0.137 e. The van der Waals surface area contributed by atoms with Crippen LogP contribution < -0.4 is 0 Å². The van der Waals surface area contributed by atoms with Crippen LogP contribution in [-0.4, -0.2) is 0 Å². The lowest BCUT2D eigenvalue weighted by Gasteiger charge is -2.25. The monoisotopic (exact) mass is 242 g/mol. The molecule has 1 fully saturated rings. The van der Waals surface area contributed by atoms with E-state index in [0.29, 0.717) is 4.47 Å². The van der Waals surface area contributed by atoms with Crippen LogP contribution >= 0.6 is 15.9 Å². The fourth-order valence-electron chi connectivity index (χ4n) is 1.70. The molecule has 13 heavy (non-hydrogen) atoms. The Morgan fingerprint density at radius 1 is 1.38 bits per heavy atom. The van der Waals surface area contributed by atoms with Gasteiger partial charge in [0.25, 0.3) is 0 Å². The first-order chi connectivity index (χ1) is 6.25. The van der Waals surface area contributed by atoms with Crippen molar-refractivity contribution in [2.45, 2.75) is 25.7 Å². The van der Waals surface area contributed by atoms with Gasteiger partial charge in [-0.05, 0) is 46.0 Å². The van der Waals surface area contributed by atoms with Crippen molar-refractivity contribution < 1.29 is 4.39 Å². The van der Waals surface area contributed by atoms with Crippen molar-refractivity contribution in [3.8, 4) is 0 Å². The highest BCUT2D eigenvalue weighted by atomic mass is 79.9. The van der Waals surface area contributed by atoms with Crippen molar-refractivity contribution in [2.75, 3.05) is 0 Å². The van der Waals surface area contributed by atoms with Gasteiger partial charge in [-0.15, -0.1) is 0 Å². The molecule has 0 nitrogen and oxygen atoms in total. The molecule has 1 aromatic rings. The van der Waals surface area contributed by atoms with Gasteiger partial charge in [-0.1, -0.05) is 25.3 Å². The lowest BCUT2D eigenvalue weighted by atomic mass is 9.81. The third-order valence-corrected chi connectivity index (χ3v) is 3.34. The van der Waals surface area contributed by atoms with E-state index in [2.05, 4.69) is 15.9 Å². The van der Waals surface area contributed by atoms with Crippen molar-refractivity contribution in [2.24, 2.45) is 5.92 Å². The average molecular weight is 243 g/mol. The van der Waals surface area contributed by atoms with Crippen molar-refractivity contribution in [1.82, 2.24) is 0 Å². The Labute approximate surface area is 86.3 Å². The summed E-state index contributed by atoms with van der Waals surface area (Å²) in [5.41, 5.74) is 1.25. The zero-order valence-electron chi connectivity index (χ0n) is 7.39. The third kappa shape index (κ3) is 2.11. The largest absolute Gasteiger partial charge is 0.206 e. The Morgan fingerprint density at radius 3 is 2.69 bits per heavy atom. The molecule has 0 saturated heterocycles. The van der Waals surface area contributed by atoms with Gasteiger partial charge in [0, 0.05) is 0 Å². The second-order valence-electron chi connectivity index (χ2n) is 3.75. The van der Waals surface area contributed by atoms with Gasteiger partial charge in [-0.3, -0.25) is 0 Å². The number of rotatable bonds is 2. The van der Waals surface area contributed by atoms with Gasteiger partial charge >= 0.3 is 0 Å². The van der Waals surface area contributed by atoms with Crippen LogP contribution in [0.15, 0.2) is 22.7 Å². The topological polar surface area (TPSA) is 0 Å². The maximum absolute atomic E-state index is 12.9. The van der Waals surface area contributed by atoms with Crippen LogP contribution in [0.1, 0.15) is 24.8 Å². The summed E-state index contributed by atoms with van der Waals surface area (Å²) in [7, 11) is 0. The first-order valence-corrected chi connectivity index (χ1v) is 5.49. The minimum absolute atomic E-state index is 0.169. The van der Waals surface area contributed by atoms with Crippen LogP contribution in [0.5, 0.6) is 0 Å². The first kappa shape index (κ1) is 9.20. The van der Waals surface area contributed by atoms with Crippen LogP contribution in [0.25, 0.3) is 0 Å². The first-order valence-electron chi connectivity index (χ1n) is 4.69. The number of hydrogen-bond donors (Lipinski definition) is 0. The molecule has 0 atom stereocenters. The van der Waals surface area contributed by atoms with Crippen molar-refractivity contribution in [3.63, 3.8) is 0 Å². The molecule has 70 valence electrons. The van der Waals surface area contributed by atoms with E-state index in [-0.39, 0.29) is 5.82 Å². The summed E-state index contributed by atoms with van der Waals surface area (Å²) in [5, 5.41) is 0. The molecule has 0 aliphatic heterocycles. The highest BCUT2D eigenvalue weighted by Crippen LogP contribution is 2.30. The second kappa shape index (κ2) is 3.79. The number of hydrogen-bond acceptors (Lipinski definition) is 0. The predicted molar refractivity (Wildman–Crippen MR) is 55.1 cm³/mol. The van der Waals surface area contributed by atoms with E-state index in [1.807, 2.05) is 12.1 Å². The highest BCUT2D eigenvalue weighted by Gasteiger charge is 2.17. The summed E-state index contributed by atoms with van der Waals surface area (Å²) in [5.74, 6) is 0.676. The van der Waals surface area contributed by atoms with Crippen molar-refractivity contribution in [1.29, 1.82) is 0 Å². The van der Waals surface area contributed by atoms with Crippen LogP contribution in [0.4, 0.5) is 4.39 Å². The van der Waals surface area contributed by atoms with Gasteiger partial charge in [0.1, 0.15) is 5.82 Å². The minimum atomic E-state index is -0.169. The van der Waals surface area contributed by atoms with Gasteiger partial charge in [0.15, 0.2) is 0 Å². The minimum Gasteiger partial charge on any atom is -0.206 e. The van der Waals surface area contributed by atoms with E-state index < -0.39 is 0 Å². The predicted octanol–water partition coefficient (Wildman–Crippen LogP) is 3.93. The highest BCUT2D eigenvalue weighted by molar-refractivity contribution is 9.10. The second-order valence-corrected chi connectivity index (χ2v) is 4.60. The Balaban J connectivity index is 2.07. The third-order valence-electron chi connectivity index (χ3n) is 2.73. The van der Waals surface area contributed by atoms with Crippen LogP contribution in [-0.2, 0) is 6.42 Å². The molecule has 0 spiro atoms. The molecule has 0 N–H and O–H groups in total. The molecular formula is C11H12BrF. The number of halogens is 2. The van der Waals surface area contributed by atoms with Crippen LogP contribution in [0.3, 0.4) is 0 Å². The molecule has 1 aromatic carbocycles. The van der Waals surface area contributed by atoms with Gasteiger partial charge in [0.2, 0.25) is 0 Å². The molecule has 1 saturated carbocycles. The van der Waals surface area contributed by atoms with E-state index in [9.17, 15) is 4.39 Å². The van der Waals surface area contributed by atoms with E-state index in [4.69, 9.17) is 0 Å². The molecule has 0 aromatic heterocycles. The normalized spacial score (nSPS) is 17.1. The van der Waals surface area contributed by atoms with E-state index in [1.54, 1.807) is 0 Å². The van der Waals surface area contributed by atoms with Crippen LogP contribution in [0, 0.1) is 11.7 Å². The smallest absolute Gasteiger partial charge is 0.137 e. The molecule has 1 aliphatic carbocycles. The summed E-state index contributed by atoms with van der Waals surface area (Å²) in [6, 6.07) is 5.32. The zero-order chi connectivity index (χ0) is 9.26. The maximum atomic E-state index is 12.9. The molecule has 0 unspecified atom stereocenters. The fourth-order valence-corrected chi connectivity index (χ4v) is 2.12. The van der Waals surface area contributed by atoms with Crippen LogP contribution in [0.2, 0.25) is 0 Å². The van der Waals surface area contributed by atoms with Gasteiger partial charge < -0.3 is 0 Å². The Morgan fingerprint density at radius 2 is 2.15 bits per heavy atom. The van der Waals surface area contributed by atoms with Gasteiger partial charge in [-0.25, -0.2) is 4.39 Å². The van der Waals surface area contributed by atoms with Gasteiger partial charge in [-0.2, -0.15) is 0 Å². The Hall–Kier alpha value is -0.370. The molecule has 0 amide bonds. The fraction of sp³-hybridized carbons (Fsp3) is 0.455. The average Bonchev–Trinajstić information content (AvgIpc) is 2.04. The summed E-state index contributed by atoms with van der Waals surface area (Å²) in [6.45, 7) is 0. The molecule has 0 bridgehead atoms. The quantitative estimate of drug-likeness (QED) is 0.738.